The zero-order chi connectivity index (χ0) is 8.85. The summed E-state index contributed by atoms with van der Waals surface area (Å²) in [6, 6.07) is 0. The Morgan fingerprint density at radius 1 is 1.27 bits per heavy atom. The number of rotatable bonds is 4. The Labute approximate surface area is 82.3 Å². The molecule has 1 nitrogen and oxygen atoms in total. The Morgan fingerprint density at radius 2 is 1.82 bits per heavy atom. The van der Waals surface area contributed by atoms with E-state index in [2.05, 4.69) is 13.8 Å². The second-order valence-corrected chi connectivity index (χ2v) is 3.98. The zero-order valence-electron chi connectivity index (χ0n) is 6.53. The minimum Gasteiger partial charge on any atom is -0.375 e. The fourth-order valence-corrected chi connectivity index (χ4v) is 0.625. The lowest BCUT2D eigenvalue weighted by atomic mass is 10.2. The Bertz CT molecular complexity index is 139. The number of hydrogen-bond acceptors (Lipinski definition) is 1. The van der Waals surface area contributed by atoms with Crippen LogP contribution in [0, 0.1) is 5.92 Å². The molecule has 0 aliphatic carbocycles. The lowest BCUT2D eigenvalue weighted by molar-refractivity contribution is 0.133. The maximum Gasteiger partial charge on any atom is 0.123 e. The molecule has 11 heavy (non-hydrogen) atoms. The average Bonchev–Trinajstić information content (AvgIpc) is 1.86. The van der Waals surface area contributed by atoms with Crippen molar-refractivity contribution < 1.29 is 4.74 Å². The normalized spacial score (nSPS) is 10.4. The highest BCUT2D eigenvalue weighted by Gasteiger charge is 1.99. The van der Waals surface area contributed by atoms with Crippen LogP contribution in [0.15, 0.2) is 9.52 Å². The third-order valence-corrected chi connectivity index (χ3v) is 1.83. The van der Waals surface area contributed by atoms with E-state index in [0.717, 1.165) is 0 Å². The van der Waals surface area contributed by atoms with E-state index in [1.807, 2.05) is 0 Å². The third kappa shape index (κ3) is 6.95. The molecule has 0 saturated heterocycles. The molecule has 0 saturated carbocycles. The van der Waals surface area contributed by atoms with E-state index >= 15 is 0 Å². The van der Waals surface area contributed by atoms with Crippen molar-refractivity contribution in [2.75, 3.05) is 13.2 Å². The fraction of sp³-hybridized carbons (Fsp3) is 0.714. The quantitative estimate of drug-likeness (QED) is 0.700. The molecule has 0 aliphatic heterocycles. The van der Waals surface area contributed by atoms with Crippen LogP contribution >= 0.6 is 34.8 Å². The third-order valence-electron chi connectivity index (χ3n) is 0.885. The van der Waals surface area contributed by atoms with Crippen molar-refractivity contribution in [1.82, 2.24) is 0 Å². The number of ether oxygens (including phenoxy) is 1. The topological polar surface area (TPSA) is 9.23 Å². The van der Waals surface area contributed by atoms with Gasteiger partial charge in [0.1, 0.15) is 4.49 Å². The predicted octanol–water partition coefficient (Wildman–Crippen LogP) is 3.54. The van der Waals surface area contributed by atoms with E-state index in [4.69, 9.17) is 39.5 Å². The van der Waals surface area contributed by atoms with E-state index < -0.39 is 0 Å². The summed E-state index contributed by atoms with van der Waals surface area (Å²) in [7, 11) is 0. The second-order valence-electron chi connectivity index (χ2n) is 2.57. The summed E-state index contributed by atoms with van der Waals surface area (Å²) < 4.78 is 5.24. The average molecular weight is 218 g/mol. The van der Waals surface area contributed by atoms with Gasteiger partial charge in [-0.25, -0.2) is 0 Å². The minimum atomic E-state index is 0.0791. The highest BCUT2D eigenvalue weighted by molar-refractivity contribution is 6.59. The molecule has 0 aromatic heterocycles. The van der Waals surface area contributed by atoms with E-state index in [9.17, 15) is 0 Å². The van der Waals surface area contributed by atoms with Crippen LogP contribution in [0.5, 0.6) is 0 Å². The van der Waals surface area contributed by atoms with Crippen molar-refractivity contribution in [1.29, 1.82) is 0 Å². The molecule has 0 atom stereocenters. The van der Waals surface area contributed by atoms with Crippen LogP contribution < -0.4 is 0 Å². The molecule has 0 aliphatic rings. The zero-order valence-corrected chi connectivity index (χ0v) is 8.80. The summed E-state index contributed by atoms with van der Waals surface area (Å²) in [6.07, 6.45) is 0. The van der Waals surface area contributed by atoms with Gasteiger partial charge >= 0.3 is 0 Å². The summed E-state index contributed by atoms with van der Waals surface area (Å²) in [5.74, 6) is 0.494. The van der Waals surface area contributed by atoms with E-state index in [1.165, 1.54) is 0 Å². The van der Waals surface area contributed by atoms with Crippen LogP contribution in [0.3, 0.4) is 0 Å². The monoisotopic (exact) mass is 216 g/mol. The van der Waals surface area contributed by atoms with Gasteiger partial charge in [-0.15, -0.1) is 0 Å². The van der Waals surface area contributed by atoms with Gasteiger partial charge in [0.2, 0.25) is 0 Å². The molecule has 0 heterocycles. The summed E-state index contributed by atoms with van der Waals surface area (Å²) in [5.41, 5.74) is 0. The van der Waals surface area contributed by atoms with Gasteiger partial charge in [0.05, 0.1) is 11.6 Å². The molecule has 0 aromatic carbocycles. The van der Waals surface area contributed by atoms with Crippen molar-refractivity contribution in [3.63, 3.8) is 0 Å². The first-order valence-corrected chi connectivity index (χ1v) is 4.44. The Morgan fingerprint density at radius 3 is 2.18 bits per heavy atom. The minimum absolute atomic E-state index is 0.0791. The van der Waals surface area contributed by atoms with Gasteiger partial charge in [0.15, 0.2) is 0 Å². The fourth-order valence-electron chi connectivity index (χ4n) is 0.439. The highest BCUT2D eigenvalue weighted by Crippen LogP contribution is 2.17. The second kappa shape index (κ2) is 6.13. The van der Waals surface area contributed by atoms with Crippen molar-refractivity contribution in [2.45, 2.75) is 13.8 Å². The SMILES string of the molecule is CC(C)COCC(Cl)=C(Cl)Cl. The van der Waals surface area contributed by atoms with Crippen LogP contribution in [0.4, 0.5) is 0 Å². The number of hydrogen-bond donors (Lipinski definition) is 0. The molecule has 66 valence electrons. The van der Waals surface area contributed by atoms with Gasteiger partial charge in [-0.2, -0.15) is 0 Å². The highest BCUT2D eigenvalue weighted by atomic mass is 35.5. The molecule has 0 amide bonds. The maximum absolute atomic E-state index is 5.59. The van der Waals surface area contributed by atoms with Crippen molar-refractivity contribution >= 4 is 34.8 Å². The van der Waals surface area contributed by atoms with Crippen LogP contribution in [0.2, 0.25) is 0 Å². The molecule has 0 aromatic rings. The van der Waals surface area contributed by atoms with Crippen LogP contribution in [0.25, 0.3) is 0 Å². The molecular formula is C7H11Cl3O. The standard InChI is InChI=1S/C7H11Cl3O/c1-5(2)3-11-4-6(8)7(9)10/h5H,3-4H2,1-2H3. The van der Waals surface area contributed by atoms with Crippen molar-refractivity contribution in [3.05, 3.63) is 9.52 Å². The first-order chi connectivity index (χ1) is 5.04. The van der Waals surface area contributed by atoms with Gasteiger partial charge in [-0.3, -0.25) is 0 Å². The molecule has 0 bridgehead atoms. The summed E-state index contributed by atoms with van der Waals surface area (Å²) in [5, 5.41) is 0.356. The summed E-state index contributed by atoms with van der Waals surface area (Å²) in [4.78, 5) is 0. The van der Waals surface area contributed by atoms with Crippen LogP contribution in [-0.2, 0) is 4.74 Å². The molecule has 0 fully saturated rings. The lowest BCUT2D eigenvalue weighted by Crippen LogP contribution is -2.03. The van der Waals surface area contributed by atoms with Crippen LogP contribution in [-0.4, -0.2) is 13.2 Å². The summed E-state index contributed by atoms with van der Waals surface area (Å²) >= 11 is 16.3. The molecule has 0 radical (unpaired) electrons. The van der Waals surface area contributed by atoms with Crippen molar-refractivity contribution in [2.24, 2.45) is 5.92 Å². The lowest BCUT2D eigenvalue weighted by Gasteiger charge is -2.05. The van der Waals surface area contributed by atoms with Gasteiger partial charge in [-0.1, -0.05) is 48.7 Å². The Kier molecular flexibility index (Phi) is 6.44. The first-order valence-electron chi connectivity index (χ1n) is 3.31. The molecule has 0 rings (SSSR count). The van der Waals surface area contributed by atoms with Gasteiger partial charge in [0.25, 0.3) is 0 Å². The first kappa shape index (κ1) is 11.6. The Balaban J connectivity index is 3.48. The molecule has 0 N–H and O–H groups in total. The molecule has 0 unspecified atom stereocenters. The smallest absolute Gasteiger partial charge is 0.123 e. The molecular weight excluding hydrogens is 206 g/mol. The van der Waals surface area contributed by atoms with E-state index in [0.29, 0.717) is 24.2 Å². The predicted molar refractivity (Wildman–Crippen MR) is 50.2 cm³/mol. The van der Waals surface area contributed by atoms with Gasteiger partial charge < -0.3 is 4.74 Å². The summed E-state index contributed by atoms with van der Waals surface area (Å²) in [6.45, 7) is 5.07. The van der Waals surface area contributed by atoms with Crippen LogP contribution in [0.1, 0.15) is 13.8 Å². The molecule has 0 spiro atoms. The largest absolute Gasteiger partial charge is 0.375 e. The van der Waals surface area contributed by atoms with E-state index in [-0.39, 0.29) is 4.49 Å². The number of halogens is 3. The Hall–Kier alpha value is 0.570. The molecule has 4 heteroatoms. The van der Waals surface area contributed by atoms with Gasteiger partial charge in [-0.05, 0) is 5.92 Å². The van der Waals surface area contributed by atoms with Crippen molar-refractivity contribution in [3.8, 4) is 0 Å². The van der Waals surface area contributed by atoms with Gasteiger partial charge in [0, 0.05) is 6.61 Å². The van der Waals surface area contributed by atoms with E-state index in [1.54, 1.807) is 0 Å². The maximum atomic E-state index is 5.59.